The first-order chi connectivity index (χ1) is 8.42. The standard InChI is InChI=1S/C10H14Cl2N4O2/c1-5(2)4-6(7(17)18-3)13-10-15-8(11)14-9(12)16-10/h5-6H,4H2,1-3H3,(H,13,14,15,16)/t6-/m0/s1. The molecule has 0 aromatic carbocycles. The summed E-state index contributed by atoms with van der Waals surface area (Å²) in [6.45, 7) is 3.98. The van der Waals surface area contributed by atoms with Crippen molar-refractivity contribution in [2.75, 3.05) is 12.4 Å². The number of carbonyl (C=O) groups is 1. The van der Waals surface area contributed by atoms with E-state index in [-0.39, 0.29) is 16.5 Å². The summed E-state index contributed by atoms with van der Waals surface area (Å²) in [7, 11) is 1.32. The van der Waals surface area contributed by atoms with Gasteiger partial charge in [-0.25, -0.2) is 4.79 Å². The van der Waals surface area contributed by atoms with E-state index in [4.69, 9.17) is 27.9 Å². The Labute approximate surface area is 115 Å². The zero-order chi connectivity index (χ0) is 13.7. The first kappa shape index (κ1) is 14.9. The van der Waals surface area contributed by atoms with Gasteiger partial charge in [-0.3, -0.25) is 0 Å². The SMILES string of the molecule is COC(=O)[C@H](CC(C)C)Nc1nc(Cl)nc(Cl)n1. The lowest BCUT2D eigenvalue weighted by atomic mass is 10.0. The maximum Gasteiger partial charge on any atom is 0.328 e. The van der Waals surface area contributed by atoms with Gasteiger partial charge in [0.1, 0.15) is 6.04 Å². The van der Waals surface area contributed by atoms with Crippen LogP contribution in [-0.2, 0) is 9.53 Å². The molecule has 0 amide bonds. The molecule has 1 rings (SSSR count). The number of ether oxygens (including phenoxy) is 1. The van der Waals surface area contributed by atoms with E-state index in [9.17, 15) is 4.79 Å². The fourth-order valence-electron chi connectivity index (χ4n) is 1.37. The molecular weight excluding hydrogens is 279 g/mol. The third-order valence-corrected chi connectivity index (χ3v) is 2.42. The van der Waals surface area contributed by atoms with E-state index in [1.54, 1.807) is 0 Å². The highest BCUT2D eigenvalue weighted by Crippen LogP contribution is 2.14. The van der Waals surface area contributed by atoms with E-state index >= 15 is 0 Å². The lowest BCUT2D eigenvalue weighted by molar-refractivity contribution is -0.141. The van der Waals surface area contributed by atoms with Gasteiger partial charge in [-0.15, -0.1) is 0 Å². The first-order valence-electron chi connectivity index (χ1n) is 5.33. The van der Waals surface area contributed by atoms with Crippen LogP contribution in [0, 0.1) is 5.92 Å². The summed E-state index contributed by atoms with van der Waals surface area (Å²) in [5.74, 6) is 0.0572. The molecule has 0 aliphatic rings. The zero-order valence-electron chi connectivity index (χ0n) is 10.3. The summed E-state index contributed by atoms with van der Waals surface area (Å²) in [4.78, 5) is 22.9. The van der Waals surface area contributed by atoms with Gasteiger partial charge in [-0.2, -0.15) is 15.0 Å². The Bertz CT molecular complexity index is 408. The van der Waals surface area contributed by atoms with Gasteiger partial charge in [0.2, 0.25) is 16.5 Å². The Kier molecular flexibility index (Phi) is 5.55. The number of nitrogens with zero attached hydrogens (tertiary/aromatic N) is 3. The molecule has 18 heavy (non-hydrogen) atoms. The Balaban J connectivity index is 2.84. The summed E-state index contributed by atoms with van der Waals surface area (Å²) in [5.41, 5.74) is 0. The molecule has 0 fully saturated rings. The molecule has 0 unspecified atom stereocenters. The van der Waals surface area contributed by atoms with Crippen molar-refractivity contribution in [1.29, 1.82) is 0 Å². The van der Waals surface area contributed by atoms with Crippen LogP contribution >= 0.6 is 23.2 Å². The largest absolute Gasteiger partial charge is 0.467 e. The van der Waals surface area contributed by atoms with Crippen molar-refractivity contribution in [3.8, 4) is 0 Å². The predicted molar refractivity (Wildman–Crippen MR) is 68.7 cm³/mol. The molecule has 0 aliphatic carbocycles. The second-order valence-corrected chi connectivity index (χ2v) is 4.72. The highest BCUT2D eigenvalue weighted by molar-refractivity contribution is 6.31. The number of rotatable bonds is 5. The van der Waals surface area contributed by atoms with Gasteiger partial charge in [0.15, 0.2) is 0 Å². The molecule has 0 saturated heterocycles. The van der Waals surface area contributed by atoms with E-state index in [0.717, 1.165) is 0 Å². The Hall–Kier alpha value is -1.14. The molecule has 1 aromatic heterocycles. The average Bonchev–Trinajstić information content (AvgIpc) is 2.25. The number of halogens is 2. The van der Waals surface area contributed by atoms with Crippen LogP contribution in [0.25, 0.3) is 0 Å². The monoisotopic (exact) mass is 292 g/mol. The van der Waals surface area contributed by atoms with Crippen LogP contribution in [0.2, 0.25) is 10.6 Å². The van der Waals surface area contributed by atoms with Crippen LogP contribution in [0.15, 0.2) is 0 Å². The van der Waals surface area contributed by atoms with Crippen molar-refractivity contribution in [3.05, 3.63) is 10.6 Å². The number of carbonyl (C=O) groups excluding carboxylic acids is 1. The highest BCUT2D eigenvalue weighted by Gasteiger charge is 2.21. The third-order valence-electron chi connectivity index (χ3n) is 2.08. The van der Waals surface area contributed by atoms with E-state index < -0.39 is 12.0 Å². The van der Waals surface area contributed by atoms with Gasteiger partial charge < -0.3 is 10.1 Å². The zero-order valence-corrected chi connectivity index (χ0v) is 11.8. The van der Waals surface area contributed by atoms with Gasteiger partial charge in [0, 0.05) is 0 Å². The Morgan fingerprint density at radius 3 is 2.28 bits per heavy atom. The number of methoxy groups -OCH3 is 1. The van der Waals surface area contributed by atoms with Crippen molar-refractivity contribution in [2.45, 2.75) is 26.3 Å². The minimum absolute atomic E-state index is 0.0364. The number of aromatic nitrogens is 3. The fourth-order valence-corrected chi connectivity index (χ4v) is 1.74. The lowest BCUT2D eigenvalue weighted by Gasteiger charge is -2.18. The Morgan fingerprint density at radius 2 is 1.83 bits per heavy atom. The van der Waals surface area contributed by atoms with Gasteiger partial charge >= 0.3 is 5.97 Å². The van der Waals surface area contributed by atoms with Crippen LogP contribution in [0.1, 0.15) is 20.3 Å². The third kappa shape index (κ3) is 4.62. The molecule has 8 heteroatoms. The molecule has 0 spiro atoms. The van der Waals surface area contributed by atoms with Crippen LogP contribution < -0.4 is 5.32 Å². The van der Waals surface area contributed by atoms with Gasteiger partial charge in [0.05, 0.1) is 7.11 Å². The van der Waals surface area contributed by atoms with Crippen molar-refractivity contribution < 1.29 is 9.53 Å². The quantitative estimate of drug-likeness (QED) is 0.838. The number of nitrogens with one attached hydrogen (secondary N) is 1. The van der Waals surface area contributed by atoms with Crippen molar-refractivity contribution in [1.82, 2.24) is 15.0 Å². The summed E-state index contributed by atoms with van der Waals surface area (Å²) < 4.78 is 4.71. The topological polar surface area (TPSA) is 77.0 Å². The number of anilines is 1. The Morgan fingerprint density at radius 1 is 1.28 bits per heavy atom. The normalized spacial score (nSPS) is 12.3. The van der Waals surface area contributed by atoms with Crippen LogP contribution in [0.3, 0.4) is 0 Å². The lowest BCUT2D eigenvalue weighted by Crippen LogP contribution is -2.32. The molecule has 1 N–H and O–H groups in total. The predicted octanol–water partition coefficient (Wildman–Crippen LogP) is 2.18. The first-order valence-corrected chi connectivity index (χ1v) is 6.09. The fraction of sp³-hybridized carbons (Fsp3) is 0.600. The average molecular weight is 293 g/mol. The van der Waals surface area contributed by atoms with Crippen LogP contribution in [0.5, 0.6) is 0 Å². The second-order valence-electron chi connectivity index (χ2n) is 4.05. The van der Waals surface area contributed by atoms with Crippen LogP contribution in [0.4, 0.5) is 5.95 Å². The summed E-state index contributed by atoms with van der Waals surface area (Å²) in [5, 5.41) is 2.76. The van der Waals surface area contributed by atoms with Crippen molar-refractivity contribution in [2.24, 2.45) is 5.92 Å². The molecule has 0 radical (unpaired) electrons. The van der Waals surface area contributed by atoms with E-state index in [2.05, 4.69) is 20.3 Å². The van der Waals surface area contributed by atoms with E-state index in [1.807, 2.05) is 13.8 Å². The van der Waals surface area contributed by atoms with Gasteiger partial charge in [-0.05, 0) is 35.5 Å². The summed E-state index contributed by atoms with van der Waals surface area (Å²) in [6.07, 6.45) is 0.577. The number of hydrogen-bond donors (Lipinski definition) is 1. The molecule has 1 heterocycles. The summed E-state index contributed by atoms with van der Waals surface area (Å²) >= 11 is 11.3. The minimum atomic E-state index is -0.551. The van der Waals surface area contributed by atoms with Crippen LogP contribution in [-0.4, -0.2) is 34.1 Å². The van der Waals surface area contributed by atoms with Gasteiger partial charge in [0.25, 0.3) is 0 Å². The maximum atomic E-state index is 11.6. The highest BCUT2D eigenvalue weighted by atomic mass is 35.5. The van der Waals surface area contributed by atoms with Crippen molar-refractivity contribution in [3.63, 3.8) is 0 Å². The maximum absolute atomic E-state index is 11.6. The molecule has 0 saturated carbocycles. The second kappa shape index (κ2) is 6.70. The minimum Gasteiger partial charge on any atom is -0.467 e. The molecule has 1 atom stereocenters. The summed E-state index contributed by atoms with van der Waals surface area (Å²) in [6, 6.07) is -0.551. The van der Waals surface area contributed by atoms with Crippen molar-refractivity contribution >= 4 is 35.1 Å². The number of esters is 1. The molecule has 1 aromatic rings. The van der Waals surface area contributed by atoms with E-state index in [0.29, 0.717) is 12.3 Å². The molecule has 0 bridgehead atoms. The van der Waals surface area contributed by atoms with E-state index in [1.165, 1.54) is 7.11 Å². The van der Waals surface area contributed by atoms with Gasteiger partial charge in [-0.1, -0.05) is 13.8 Å². The molecule has 100 valence electrons. The number of hydrogen-bond acceptors (Lipinski definition) is 6. The molecule has 0 aliphatic heterocycles. The molecular formula is C10H14Cl2N4O2. The molecule has 6 nitrogen and oxygen atoms in total. The smallest absolute Gasteiger partial charge is 0.328 e.